The summed E-state index contributed by atoms with van der Waals surface area (Å²) >= 11 is 3.46. The third-order valence-corrected chi connectivity index (χ3v) is 5.62. The van der Waals surface area contributed by atoms with Crippen molar-refractivity contribution in [2.24, 2.45) is 5.14 Å². The molecule has 0 aliphatic carbocycles. The van der Waals surface area contributed by atoms with Crippen molar-refractivity contribution in [3.05, 3.63) is 70.6 Å². The molecule has 0 atom stereocenters. The molecular weight excluding hydrogens is 407 g/mol. The van der Waals surface area contributed by atoms with Crippen LogP contribution >= 0.6 is 15.9 Å². The number of primary sulfonamides is 1. The fraction of sp³-hybridized carbons (Fsp3) is 0.0556. The lowest BCUT2D eigenvalue weighted by molar-refractivity contribution is 0.568. The number of aryl methyl sites for hydroxylation is 1. The SMILES string of the molecule is Cc1cc(-c2ncccc2-c2ccc(S(N)(=O)=O)c(F)c2)ccc1Br. The van der Waals surface area contributed by atoms with Gasteiger partial charge in [-0.15, -0.1) is 0 Å². The van der Waals surface area contributed by atoms with E-state index >= 15 is 0 Å². The van der Waals surface area contributed by atoms with E-state index in [4.69, 9.17) is 5.14 Å². The van der Waals surface area contributed by atoms with Gasteiger partial charge in [0.25, 0.3) is 0 Å². The zero-order valence-corrected chi connectivity index (χ0v) is 15.6. The highest BCUT2D eigenvalue weighted by Crippen LogP contribution is 2.33. The third kappa shape index (κ3) is 3.63. The number of halogens is 2. The molecule has 0 fully saturated rings. The Morgan fingerprint density at radius 3 is 2.44 bits per heavy atom. The molecule has 2 aromatic carbocycles. The van der Waals surface area contributed by atoms with Crippen molar-refractivity contribution in [1.82, 2.24) is 4.98 Å². The van der Waals surface area contributed by atoms with Crippen LogP contribution in [0, 0.1) is 12.7 Å². The van der Waals surface area contributed by atoms with Crippen molar-refractivity contribution in [3.8, 4) is 22.4 Å². The van der Waals surface area contributed by atoms with Crippen LogP contribution in [0.15, 0.2) is 64.1 Å². The highest BCUT2D eigenvalue weighted by molar-refractivity contribution is 9.10. The van der Waals surface area contributed by atoms with Gasteiger partial charge in [0.05, 0.1) is 5.69 Å². The molecule has 0 spiro atoms. The molecule has 0 saturated carbocycles. The molecule has 0 bridgehead atoms. The molecule has 25 heavy (non-hydrogen) atoms. The fourth-order valence-corrected chi connectivity index (χ4v) is 3.39. The Hall–Kier alpha value is -2.09. The number of rotatable bonds is 3. The Morgan fingerprint density at radius 2 is 1.80 bits per heavy atom. The van der Waals surface area contributed by atoms with E-state index in [2.05, 4.69) is 20.9 Å². The molecule has 1 heterocycles. The summed E-state index contributed by atoms with van der Waals surface area (Å²) in [4.78, 5) is 3.89. The van der Waals surface area contributed by atoms with E-state index in [0.29, 0.717) is 16.8 Å². The van der Waals surface area contributed by atoms with Crippen LogP contribution in [0.3, 0.4) is 0 Å². The maximum atomic E-state index is 14.2. The van der Waals surface area contributed by atoms with Gasteiger partial charge in [0, 0.05) is 21.8 Å². The number of nitrogens with zero attached hydrogens (tertiary/aromatic N) is 1. The topological polar surface area (TPSA) is 73.0 Å². The first-order valence-electron chi connectivity index (χ1n) is 7.31. The number of benzene rings is 2. The highest BCUT2D eigenvalue weighted by atomic mass is 79.9. The van der Waals surface area contributed by atoms with Gasteiger partial charge in [-0.1, -0.05) is 34.1 Å². The second-order valence-corrected chi connectivity index (χ2v) is 7.94. The van der Waals surface area contributed by atoms with Gasteiger partial charge in [-0.2, -0.15) is 0 Å². The second-order valence-electron chi connectivity index (χ2n) is 5.55. The lowest BCUT2D eigenvalue weighted by atomic mass is 9.98. The summed E-state index contributed by atoms with van der Waals surface area (Å²) in [6.45, 7) is 1.97. The number of aromatic nitrogens is 1. The summed E-state index contributed by atoms with van der Waals surface area (Å²) in [6.07, 6.45) is 1.66. The molecule has 0 amide bonds. The van der Waals surface area contributed by atoms with Crippen molar-refractivity contribution in [2.75, 3.05) is 0 Å². The lowest BCUT2D eigenvalue weighted by Crippen LogP contribution is -2.13. The van der Waals surface area contributed by atoms with Gasteiger partial charge >= 0.3 is 0 Å². The molecule has 2 N–H and O–H groups in total. The normalized spacial score (nSPS) is 11.5. The Kier molecular flexibility index (Phi) is 4.73. The highest BCUT2D eigenvalue weighted by Gasteiger charge is 2.17. The Balaban J connectivity index is 2.16. The number of sulfonamides is 1. The van der Waals surface area contributed by atoms with Crippen LogP contribution in [0.4, 0.5) is 4.39 Å². The lowest BCUT2D eigenvalue weighted by Gasteiger charge is -2.11. The van der Waals surface area contributed by atoms with Gasteiger partial charge in [0.15, 0.2) is 0 Å². The van der Waals surface area contributed by atoms with Gasteiger partial charge in [0.1, 0.15) is 10.7 Å². The molecule has 0 aliphatic heterocycles. The first-order chi connectivity index (χ1) is 11.8. The van der Waals surface area contributed by atoms with Crippen LogP contribution < -0.4 is 5.14 Å². The molecule has 0 unspecified atom stereocenters. The molecule has 128 valence electrons. The molecule has 1 aromatic heterocycles. The maximum absolute atomic E-state index is 14.2. The largest absolute Gasteiger partial charge is 0.256 e. The van der Waals surface area contributed by atoms with Crippen LogP contribution in [0.1, 0.15) is 5.56 Å². The molecule has 0 radical (unpaired) electrons. The van der Waals surface area contributed by atoms with Crippen molar-refractivity contribution in [1.29, 1.82) is 0 Å². The molecule has 4 nitrogen and oxygen atoms in total. The van der Waals surface area contributed by atoms with Crippen LogP contribution in [0.5, 0.6) is 0 Å². The number of nitrogens with two attached hydrogens (primary N) is 1. The zero-order chi connectivity index (χ0) is 18.2. The van der Waals surface area contributed by atoms with Gasteiger partial charge in [-0.05, 0) is 48.4 Å². The van der Waals surface area contributed by atoms with E-state index in [1.54, 1.807) is 12.3 Å². The predicted octanol–water partition coefficient (Wildman–Crippen LogP) is 4.27. The van der Waals surface area contributed by atoms with E-state index in [1.165, 1.54) is 12.1 Å². The summed E-state index contributed by atoms with van der Waals surface area (Å²) in [6, 6.07) is 13.2. The van der Waals surface area contributed by atoms with Gasteiger partial charge in [0.2, 0.25) is 10.0 Å². The quantitative estimate of drug-likeness (QED) is 0.687. The molecule has 3 rings (SSSR count). The minimum absolute atomic E-state index is 0.522. The van der Waals surface area contributed by atoms with Crippen molar-refractivity contribution < 1.29 is 12.8 Å². The van der Waals surface area contributed by atoms with Gasteiger partial charge in [-0.25, -0.2) is 17.9 Å². The predicted molar refractivity (Wildman–Crippen MR) is 98.9 cm³/mol. The van der Waals surface area contributed by atoms with Gasteiger partial charge in [-0.3, -0.25) is 4.98 Å². The minimum atomic E-state index is -4.10. The monoisotopic (exact) mass is 420 g/mol. The van der Waals surface area contributed by atoms with E-state index < -0.39 is 20.7 Å². The average Bonchev–Trinajstić information content (AvgIpc) is 2.56. The average molecular weight is 421 g/mol. The third-order valence-electron chi connectivity index (χ3n) is 3.79. The van der Waals surface area contributed by atoms with E-state index in [1.807, 2.05) is 31.2 Å². The summed E-state index contributed by atoms with van der Waals surface area (Å²) < 4.78 is 37.9. The first-order valence-corrected chi connectivity index (χ1v) is 9.65. The van der Waals surface area contributed by atoms with E-state index in [0.717, 1.165) is 21.7 Å². The van der Waals surface area contributed by atoms with Crippen LogP contribution in [-0.4, -0.2) is 13.4 Å². The van der Waals surface area contributed by atoms with Crippen molar-refractivity contribution >= 4 is 26.0 Å². The van der Waals surface area contributed by atoms with Gasteiger partial charge < -0.3 is 0 Å². The summed E-state index contributed by atoms with van der Waals surface area (Å²) in [7, 11) is -4.10. The number of hydrogen-bond acceptors (Lipinski definition) is 3. The summed E-state index contributed by atoms with van der Waals surface area (Å²) in [5.74, 6) is -0.887. The smallest absolute Gasteiger partial charge is 0.240 e. The van der Waals surface area contributed by atoms with E-state index in [-0.39, 0.29) is 0 Å². The molecule has 7 heteroatoms. The van der Waals surface area contributed by atoms with Crippen molar-refractivity contribution in [2.45, 2.75) is 11.8 Å². The summed E-state index contributed by atoms with van der Waals surface area (Å²) in [5, 5.41) is 5.01. The second kappa shape index (κ2) is 6.67. The Morgan fingerprint density at radius 1 is 1.08 bits per heavy atom. The molecule has 0 aliphatic rings. The maximum Gasteiger partial charge on any atom is 0.240 e. The zero-order valence-electron chi connectivity index (χ0n) is 13.2. The summed E-state index contributed by atoms with van der Waals surface area (Å²) in [5.41, 5.74) is 3.83. The number of pyridine rings is 1. The van der Waals surface area contributed by atoms with Crippen LogP contribution in [0.2, 0.25) is 0 Å². The fourth-order valence-electron chi connectivity index (χ4n) is 2.56. The first kappa shape index (κ1) is 17.7. The Labute approximate surface area is 153 Å². The van der Waals surface area contributed by atoms with Crippen LogP contribution in [-0.2, 0) is 10.0 Å². The molecule has 0 saturated heterocycles. The number of hydrogen-bond donors (Lipinski definition) is 1. The minimum Gasteiger partial charge on any atom is -0.256 e. The standard InChI is InChI=1S/C18H14BrFN2O2S/c1-11-9-13(4-6-15(11)19)18-14(3-2-8-22-18)12-5-7-17(16(20)10-12)25(21,23)24/h2-10H,1H3,(H2,21,23,24). The molecular formula is C18H14BrFN2O2S. The molecule has 3 aromatic rings. The van der Waals surface area contributed by atoms with E-state index in [9.17, 15) is 12.8 Å². The van der Waals surface area contributed by atoms with Crippen molar-refractivity contribution in [3.63, 3.8) is 0 Å². The van der Waals surface area contributed by atoms with Crippen LogP contribution in [0.25, 0.3) is 22.4 Å². The Bertz CT molecular complexity index is 1070.